The Morgan fingerprint density at radius 2 is 2.19 bits per heavy atom. The predicted molar refractivity (Wildman–Crippen MR) is 82.4 cm³/mol. The zero-order valence-electron chi connectivity index (χ0n) is 11.4. The number of fused-ring (bicyclic) bond motifs is 1. The molecule has 3 rings (SSSR count). The van der Waals surface area contributed by atoms with Crippen molar-refractivity contribution in [1.29, 1.82) is 0 Å². The van der Waals surface area contributed by atoms with Crippen molar-refractivity contribution in [2.24, 2.45) is 0 Å². The maximum Gasteiger partial charge on any atom is 0.244 e. The molecule has 21 heavy (non-hydrogen) atoms. The van der Waals surface area contributed by atoms with Gasteiger partial charge in [0.05, 0.1) is 13.2 Å². The van der Waals surface area contributed by atoms with Gasteiger partial charge in [0.1, 0.15) is 12.0 Å². The molecule has 0 aliphatic carbocycles. The first kappa shape index (κ1) is 14.7. The number of methoxy groups -OCH3 is 1. The number of hydrogen-bond acceptors (Lipinski definition) is 5. The number of carbonyl (C=O) groups is 2. The monoisotopic (exact) mass is 402 g/mol. The maximum atomic E-state index is 12.0. The third-order valence-corrected chi connectivity index (χ3v) is 5.01. The van der Waals surface area contributed by atoms with Crippen LogP contribution in [0.15, 0.2) is 12.1 Å². The Labute approximate surface area is 135 Å². The minimum absolute atomic E-state index is 0.255. The van der Waals surface area contributed by atoms with E-state index >= 15 is 0 Å². The Morgan fingerprint density at radius 3 is 2.86 bits per heavy atom. The first-order valence-electron chi connectivity index (χ1n) is 6.65. The zero-order chi connectivity index (χ0) is 15.1. The van der Waals surface area contributed by atoms with Crippen molar-refractivity contribution in [1.82, 2.24) is 10.2 Å². The molecule has 2 N–H and O–H groups in total. The quantitative estimate of drug-likeness (QED) is 0.568. The molecule has 0 saturated carbocycles. The first-order chi connectivity index (χ1) is 10.0. The molecule has 1 aromatic carbocycles. The molecule has 0 spiro atoms. The fourth-order valence-electron chi connectivity index (χ4n) is 2.95. The predicted octanol–water partition coefficient (Wildman–Crippen LogP) is 0.911. The number of piperidine rings is 1. The van der Waals surface area contributed by atoms with E-state index in [0.717, 1.165) is 9.13 Å². The van der Waals surface area contributed by atoms with E-state index < -0.39 is 12.3 Å². The van der Waals surface area contributed by atoms with Crippen molar-refractivity contribution in [2.75, 3.05) is 7.11 Å². The molecule has 1 fully saturated rings. The van der Waals surface area contributed by atoms with Crippen LogP contribution in [-0.4, -0.2) is 35.0 Å². The Bertz CT molecular complexity index is 619. The van der Waals surface area contributed by atoms with Gasteiger partial charge in [-0.15, -0.1) is 0 Å². The highest BCUT2D eigenvalue weighted by Crippen LogP contribution is 2.42. The van der Waals surface area contributed by atoms with Crippen molar-refractivity contribution < 1.29 is 19.4 Å². The zero-order valence-corrected chi connectivity index (χ0v) is 13.6. The van der Waals surface area contributed by atoms with E-state index in [2.05, 4.69) is 27.9 Å². The van der Waals surface area contributed by atoms with Crippen LogP contribution in [-0.2, 0) is 16.1 Å². The summed E-state index contributed by atoms with van der Waals surface area (Å²) >= 11 is 2.21. The molecule has 112 valence electrons. The third kappa shape index (κ3) is 2.43. The normalized spacial score (nSPS) is 25.7. The molecule has 2 aliphatic rings. The van der Waals surface area contributed by atoms with Crippen LogP contribution in [0.25, 0.3) is 0 Å². The van der Waals surface area contributed by atoms with Gasteiger partial charge in [0.25, 0.3) is 0 Å². The van der Waals surface area contributed by atoms with Gasteiger partial charge in [-0.3, -0.25) is 19.8 Å². The Balaban J connectivity index is 1.93. The molecule has 7 heteroatoms. The smallest absolute Gasteiger partial charge is 0.244 e. The van der Waals surface area contributed by atoms with Gasteiger partial charge in [-0.1, -0.05) is 0 Å². The number of imide groups is 1. The number of carbonyl (C=O) groups excluding carboxylic acids is 2. The highest BCUT2D eigenvalue weighted by Gasteiger charge is 2.41. The lowest BCUT2D eigenvalue weighted by atomic mass is 10.0. The van der Waals surface area contributed by atoms with Crippen molar-refractivity contribution in [2.45, 2.75) is 31.7 Å². The van der Waals surface area contributed by atoms with Crippen molar-refractivity contribution in [3.05, 3.63) is 26.8 Å². The average molecular weight is 402 g/mol. The molecule has 1 aromatic rings. The average Bonchev–Trinajstić information content (AvgIpc) is 2.79. The molecule has 2 unspecified atom stereocenters. The van der Waals surface area contributed by atoms with Crippen LogP contribution in [0.1, 0.15) is 30.2 Å². The summed E-state index contributed by atoms with van der Waals surface area (Å²) in [5.74, 6) is 0.0226. The number of rotatable bonds is 2. The van der Waals surface area contributed by atoms with Gasteiger partial charge >= 0.3 is 0 Å². The number of ether oxygens (including phenoxy) is 1. The van der Waals surface area contributed by atoms with Crippen molar-refractivity contribution in [3.63, 3.8) is 0 Å². The van der Waals surface area contributed by atoms with Gasteiger partial charge in [-0.25, -0.2) is 0 Å². The Hall–Kier alpha value is -1.19. The van der Waals surface area contributed by atoms with Crippen LogP contribution in [0.3, 0.4) is 0 Å². The highest BCUT2D eigenvalue weighted by molar-refractivity contribution is 14.1. The second-order valence-corrected chi connectivity index (χ2v) is 6.32. The van der Waals surface area contributed by atoms with E-state index in [-0.39, 0.29) is 11.8 Å². The Morgan fingerprint density at radius 1 is 1.43 bits per heavy atom. The van der Waals surface area contributed by atoms with Crippen molar-refractivity contribution in [3.8, 4) is 5.75 Å². The van der Waals surface area contributed by atoms with Gasteiger partial charge < -0.3 is 9.84 Å². The van der Waals surface area contributed by atoms with Crippen LogP contribution < -0.4 is 10.1 Å². The molecule has 6 nitrogen and oxygen atoms in total. The summed E-state index contributed by atoms with van der Waals surface area (Å²) in [6.45, 7) is 0.470. The number of benzene rings is 1. The van der Waals surface area contributed by atoms with Gasteiger partial charge in [0.15, 0.2) is 0 Å². The Kier molecular flexibility index (Phi) is 3.89. The summed E-state index contributed by atoms with van der Waals surface area (Å²) < 4.78 is 6.34. The minimum atomic E-state index is -0.895. The molecule has 0 radical (unpaired) electrons. The molecular weight excluding hydrogens is 387 g/mol. The maximum absolute atomic E-state index is 12.0. The molecular formula is C14H15IN2O4. The lowest BCUT2D eigenvalue weighted by molar-refractivity contribution is -0.141. The second kappa shape index (κ2) is 5.54. The molecule has 0 aromatic heterocycles. The molecule has 0 bridgehead atoms. The number of aliphatic hydroxyl groups excluding tert-OH is 1. The fraction of sp³-hybridized carbons (Fsp3) is 0.429. The lowest BCUT2D eigenvalue weighted by Crippen LogP contribution is -2.51. The van der Waals surface area contributed by atoms with Crippen LogP contribution >= 0.6 is 22.6 Å². The van der Waals surface area contributed by atoms with Crippen LogP contribution in [0.4, 0.5) is 0 Å². The molecule has 2 aliphatic heterocycles. The van der Waals surface area contributed by atoms with E-state index in [4.69, 9.17) is 4.74 Å². The summed E-state index contributed by atoms with van der Waals surface area (Å²) in [5, 5.41) is 12.9. The standard InChI is InChI=1S/C14H15IN2O4/c1-21-10-4-2-8(15)7-6-17(14(20)12(7)10)9-3-5-11(18)16-13(9)19/h2,4,9,14,20H,3,5-6H2,1H3,(H,16,18,19). The summed E-state index contributed by atoms with van der Waals surface area (Å²) in [7, 11) is 1.56. The van der Waals surface area contributed by atoms with E-state index in [9.17, 15) is 14.7 Å². The van der Waals surface area contributed by atoms with Gasteiger partial charge in [-0.05, 0) is 46.7 Å². The lowest BCUT2D eigenvalue weighted by Gasteiger charge is -2.31. The van der Waals surface area contributed by atoms with Crippen LogP contribution in [0.2, 0.25) is 0 Å². The van der Waals surface area contributed by atoms with Gasteiger partial charge in [0.2, 0.25) is 11.8 Å². The van der Waals surface area contributed by atoms with Gasteiger partial charge in [-0.2, -0.15) is 0 Å². The number of nitrogens with zero attached hydrogens (tertiary/aromatic N) is 1. The highest BCUT2D eigenvalue weighted by atomic mass is 127. The fourth-order valence-corrected chi connectivity index (χ4v) is 3.59. The van der Waals surface area contributed by atoms with Crippen LogP contribution in [0.5, 0.6) is 5.75 Å². The molecule has 2 heterocycles. The van der Waals surface area contributed by atoms with Crippen molar-refractivity contribution >= 4 is 34.4 Å². The summed E-state index contributed by atoms with van der Waals surface area (Å²) in [4.78, 5) is 25.0. The van der Waals surface area contributed by atoms with Crippen LogP contribution in [0, 0.1) is 3.57 Å². The SMILES string of the molecule is COc1ccc(I)c2c1C(O)N(C1CCC(=O)NC1=O)C2. The van der Waals surface area contributed by atoms with E-state index in [0.29, 0.717) is 30.7 Å². The summed E-state index contributed by atoms with van der Waals surface area (Å²) in [6.07, 6.45) is -0.174. The topological polar surface area (TPSA) is 78.9 Å². The van der Waals surface area contributed by atoms with Gasteiger partial charge in [0, 0.05) is 22.1 Å². The molecule has 2 amide bonds. The third-order valence-electron chi connectivity index (χ3n) is 4.00. The number of aliphatic hydroxyl groups is 1. The second-order valence-electron chi connectivity index (χ2n) is 5.15. The van der Waals surface area contributed by atoms with E-state index in [1.807, 2.05) is 12.1 Å². The molecule has 1 saturated heterocycles. The largest absolute Gasteiger partial charge is 0.496 e. The number of hydrogen-bond donors (Lipinski definition) is 2. The number of amides is 2. The first-order valence-corrected chi connectivity index (χ1v) is 7.73. The number of halogens is 1. The minimum Gasteiger partial charge on any atom is -0.496 e. The number of nitrogens with one attached hydrogen (secondary N) is 1. The summed E-state index contributed by atoms with van der Waals surface area (Å²) in [5.41, 5.74) is 1.70. The summed E-state index contributed by atoms with van der Waals surface area (Å²) in [6, 6.07) is 3.25. The van der Waals surface area contributed by atoms with E-state index in [1.165, 1.54) is 0 Å². The molecule has 2 atom stereocenters. The van der Waals surface area contributed by atoms with E-state index in [1.54, 1.807) is 12.0 Å².